The molecule has 1 aromatic carbocycles. The molecule has 3 rings (SSSR count). The highest BCUT2D eigenvalue weighted by Crippen LogP contribution is 2.21. The highest BCUT2D eigenvalue weighted by Gasteiger charge is 2.16. The van der Waals surface area contributed by atoms with E-state index in [0.717, 1.165) is 37.2 Å². The van der Waals surface area contributed by atoms with Gasteiger partial charge in [-0.15, -0.1) is 0 Å². The number of aromatic hydroxyl groups is 1. The maximum atomic E-state index is 9.28. The summed E-state index contributed by atoms with van der Waals surface area (Å²) in [7, 11) is 0. The first-order valence-electron chi connectivity index (χ1n) is 6.84. The normalized spacial score (nSPS) is 16.4. The zero-order valence-electron chi connectivity index (χ0n) is 11.2. The van der Waals surface area contributed by atoms with Crippen molar-refractivity contribution >= 4 is 5.69 Å². The number of phenols is 1. The van der Waals surface area contributed by atoms with Crippen molar-refractivity contribution in [2.45, 2.75) is 18.9 Å². The predicted octanol–water partition coefficient (Wildman–Crippen LogP) is 1.78. The van der Waals surface area contributed by atoms with Gasteiger partial charge in [-0.3, -0.25) is 0 Å². The number of phenolic OH excluding ortho intramolecular Hbond substituents is 1. The van der Waals surface area contributed by atoms with Gasteiger partial charge in [0.15, 0.2) is 5.82 Å². The minimum absolute atomic E-state index is 0.245. The van der Waals surface area contributed by atoms with Gasteiger partial charge >= 0.3 is 0 Å². The molecule has 104 valence electrons. The molecule has 0 aliphatic carbocycles. The first kappa shape index (κ1) is 12.9. The second-order valence-corrected chi connectivity index (χ2v) is 5.14. The van der Waals surface area contributed by atoms with Gasteiger partial charge in [0.05, 0.1) is 18.1 Å². The van der Waals surface area contributed by atoms with Crippen LogP contribution in [0.2, 0.25) is 0 Å². The summed E-state index contributed by atoms with van der Waals surface area (Å²) in [5, 5.41) is 9.28. The number of aromatic nitrogens is 2. The summed E-state index contributed by atoms with van der Waals surface area (Å²) in [6.45, 7) is 1.92. The fraction of sp³-hybridized carbons (Fsp3) is 0.333. The zero-order valence-corrected chi connectivity index (χ0v) is 11.2. The van der Waals surface area contributed by atoms with Crippen LogP contribution in [-0.2, 0) is 0 Å². The largest absolute Gasteiger partial charge is 0.508 e. The Kier molecular flexibility index (Phi) is 3.52. The third-order valence-corrected chi connectivity index (χ3v) is 3.67. The summed E-state index contributed by atoms with van der Waals surface area (Å²) in [5.41, 5.74) is 7.85. The molecule has 0 saturated carbocycles. The molecular weight excluding hydrogens is 252 g/mol. The van der Waals surface area contributed by atoms with Crippen LogP contribution >= 0.6 is 0 Å². The topological polar surface area (TPSA) is 75.3 Å². The standard InChI is InChI=1S/C15H18N4O/c16-12-5-7-19(8-6-12)13-9-17-15(18-10-13)11-1-3-14(20)4-2-11/h1-4,9-10,12,20H,5-8,16H2. The first-order valence-corrected chi connectivity index (χ1v) is 6.84. The summed E-state index contributed by atoms with van der Waals surface area (Å²) in [4.78, 5) is 11.1. The molecule has 1 fully saturated rings. The number of hydrogen-bond acceptors (Lipinski definition) is 5. The molecule has 3 N–H and O–H groups in total. The molecule has 5 heteroatoms. The SMILES string of the molecule is NC1CCN(c2cnc(-c3ccc(O)cc3)nc2)CC1. The first-order chi connectivity index (χ1) is 9.72. The molecule has 1 aliphatic heterocycles. The van der Waals surface area contributed by atoms with Crippen molar-refractivity contribution in [3.05, 3.63) is 36.7 Å². The van der Waals surface area contributed by atoms with E-state index < -0.39 is 0 Å². The fourth-order valence-electron chi connectivity index (χ4n) is 2.40. The molecule has 0 bridgehead atoms. The van der Waals surface area contributed by atoms with E-state index in [1.54, 1.807) is 12.1 Å². The van der Waals surface area contributed by atoms with Gasteiger partial charge in [0, 0.05) is 24.7 Å². The van der Waals surface area contributed by atoms with Gasteiger partial charge in [0.1, 0.15) is 5.75 Å². The van der Waals surface area contributed by atoms with E-state index in [1.807, 2.05) is 24.5 Å². The van der Waals surface area contributed by atoms with Gasteiger partial charge in [-0.2, -0.15) is 0 Å². The molecule has 0 spiro atoms. The minimum Gasteiger partial charge on any atom is -0.508 e. The number of rotatable bonds is 2. The van der Waals surface area contributed by atoms with Crippen LogP contribution in [0.5, 0.6) is 5.75 Å². The zero-order chi connectivity index (χ0) is 13.9. The molecule has 1 saturated heterocycles. The van der Waals surface area contributed by atoms with Gasteiger partial charge in [0.25, 0.3) is 0 Å². The summed E-state index contributed by atoms with van der Waals surface area (Å²) in [6, 6.07) is 7.22. The molecule has 5 nitrogen and oxygen atoms in total. The van der Waals surface area contributed by atoms with Crippen molar-refractivity contribution in [1.29, 1.82) is 0 Å². The van der Waals surface area contributed by atoms with Crippen LogP contribution in [-0.4, -0.2) is 34.2 Å². The summed E-state index contributed by atoms with van der Waals surface area (Å²) >= 11 is 0. The maximum absolute atomic E-state index is 9.28. The Morgan fingerprint density at radius 1 is 1.05 bits per heavy atom. The van der Waals surface area contributed by atoms with Crippen LogP contribution in [0.3, 0.4) is 0 Å². The second-order valence-electron chi connectivity index (χ2n) is 5.14. The Morgan fingerprint density at radius 2 is 1.65 bits per heavy atom. The summed E-state index contributed by atoms with van der Waals surface area (Å²) < 4.78 is 0. The molecular formula is C15H18N4O. The predicted molar refractivity (Wildman–Crippen MR) is 78.6 cm³/mol. The molecule has 2 heterocycles. The lowest BCUT2D eigenvalue weighted by Gasteiger charge is -2.31. The van der Waals surface area contributed by atoms with Crippen LogP contribution < -0.4 is 10.6 Å². The summed E-state index contributed by atoms with van der Waals surface area (Å²) in [5.74, 6) is 0.914. The molecule has 1 aromatic heterocycles. The Morgan fingerprint density at radius 3 is 2.25 bits per heavy atom. The van der Waals surface area contributed by atoms with Crippen LogP contribution in [0.1, 0.15) is 12.8 Å². The van der Waals surface area contributed by atoms with Gasteiger partial charge in [-0.1, -0.05) is 0 Å². The number of hydrogen-bond donors (Lipinski definition) is 2. The lowest BCUT2D eigenvalue weighted by molar-refractivity contribution is 0.475. The molecule has 0 atom stereocenters. The molecule has 0 amide bonds. The number of anilines is 1. The van der Waals surface area contributed by atoms with E-state index in [0.29, 0.717) is 11.9 Å². The Labute approximate surface area is 118 Å². The van der Waals surface area contributed by atoms with Crippen molar-refractivity contribution in [2.75, 3.05) is 18.0 Å². The van der Waals surface area contributed by atoms with Crippen molar-refractivity contribution in [3.63, 3.8) is 0 Å². The van der Waals surface area contributed by atoms with Crippen LogP contribution in [0, 0.1) is 0 Å². The van der Waals surface area contributed by atoms with E-state index in [2.05, 4.69) is 14.9 Å². The molecule has 0 unspecified atom stereocenters. The summed E-state index contributed by atoms with van der Waals surface area (Å²) in [6.07, 6.45) is 5.73. The molecule has 1 aliphatic rings. The highest BCUT2D eigenvalue weighted by atomic mass is 16.3. The van der Waals surface area contributed by atoms with Crippen molar-refractivity contribution in [1.82, 2.24) is 9.97 Å². The molecule has 0 radical (unpaired) electrons. The average molecular weight is 270 g/mol. The van der Waals surface area contributed by atoms with Gasteiger partial charge in [-0.25, -0.2) is 9.97 Å². The van der Waals surface area contributed by atoms with Gasteiger partial charge < -0.3 is 15.7 Å². The number of nitrogens with two attached hydrogens (primary N) is 1. The monoisotopic (exact) mass is 270 g/mol. The Bertz CT molecular complexity index is 559. The highest BCUT2D eigenvalue weighted by molar-refractivity contribution is 5.57. The van der Waals surface area contributed by atoms with Gasteiger partial charge in [0.2, 0.25) is 0 Å². The van der Waals surface area contributed by atoms with E-state index >= 15 is 0 Å². The molecule has 20 heavy (non-hydrogen) atoms. The second kappa shape index (κ2) is 5.46. The van der Waals surface area contributed by atoms with Crippen molar-refractivity contribution < 1.29 is 5.11 Å². The van der Waals surface area contributed by atoms with Crippen molar-refractivity contribution in [2.24, 2.45) is 5.73 Å². The van der Waals surface area contributed by atoms with Crippen LogP contribution in [0.4, 0.5) is 5.69 Å². The smallest absolute Gasteiger partial charge is 0.159 e. The van der Waals surface area contributed by atoms with E-state index in [-0.39, 0.29) is 5.75 Å². The lowest BCUT2D eigenvalue weighted by atomic mass is 10.1. The lowest BCUT2D eigenvalue weighted by Crippen LogP contribution is -2.39. The maximum Gasteiger partial charge on any atom is 0.159 e. The number of piperidine rings is 1. The Hall–Kier alpha value is -2.14. The number of benzene rings is 1. The van der Waals surface area contributed by atoms with Crippen molar-refractivity contribution in [3.8, 4) is 17.1 Å². The van der Waals surface area contributed by atoms with E-state index in [1.165, 1.54) is 0 Å². The Balaban J connectivity index is 1.76. The molecule has 2 aromatic rings. The quantitative estimate of drug-likeness (QED) is 0.870. The fourth-order valence-corrected chi connectivity index (χ4v) is 2.40. The third kappa shape index (κ3) is 2.72. The van der Waals surface area contributed by atoms with E-state index in [9.17, 15) is 5.11 Å². The van der Waals surface area contributed by atoms with E-state index in [4.69, 9.17) is 5.73 Å². The number of nitrogens with zero attached hydrogens (tertiary/aromatic N) is 3. The van der Waals surface area contributed by atoms with Crippen LogP contribution in [0.25, 0.3) is 11.4 Å². The van der Waals surface area contributed by atoms with Crippen LogP contribution in [0.15, 0.2) is 36.7 Å². The third-order valence-electron chi connectivity index (χ3n) is 3.67. The minimum atomic E-state index is 0.245. The average Bonchev–Trinajstić information content (AvgIpc) is 2.49. The van der Waals surface area contributed by atoms with Gasteiger partial charge in [-0.05, 0) is 37.1 Å².